The van der Waals surface area contributed by atoms with Crippen LogP contribution in [0, 0.1) is 5.92 Å². The highest BCUT2D eigenvalue weighted by molar-refractivity contribution is 6.25. The Morgan fingerprint density at radius 2 is 1.63 bits per heavy atom. The number of Topliss-reactive ketones (excluding diaryl/α,β-unsaturated/α-hetero) is 1. The minimum Gasteiger partial charge on any atom is -0.496 e. The molecule has 4 heterocycles. The Morgan fingerprint density at radius 1 is 0.917 bits per heavy atom. The zero-order chi connectivity index (χ0) is 42.6. The van der Waals surface area contributed by atoms with E-state index in [1.807, 2.05) is 6.92 Å². The minimum atomic E-state index is -1.56. The summed E-state index contributed by atoms with van der Waals surface area (Å²) in [6, 6.07) is 8.58. The molecule has 2 aromatic carbocycles. The summed E-state index contributed by atoms with van der Waals surface area (Å²) in [6.07, 6.45) is 1.37. The first-order valence-electron chi connectivity index (χ1n) is 20.1. The van der Waals surface area contributed by atoms with Gasteiger partial charge in [0, 0.05) is 49.2 Å². The quantitative estimate of drug-likeness (QED) is 0.0674. The molecule has 17 nitrogen and oxygen atoms in total. The van der Waals surface area contributed by atoms with Gasteiger partial charge in [-0.1, -0.05) is 13.0 Å². The Labute approximate surface area is 345 Å². The summed E-state index contributed by atoms with van der Waals surface area (Å²) in [4.78, 5) is 80.3. The zero-order valence-electron chi connectivity index (χ0n) is 33.6. The van der Waals surface area contributed by atoms with Crippen LogP contribution in [-0.2, 0) is 33.3 Å². The van der Waals surface area contributed by atoms with Crippen molar-refractivity contribution >= 4 is 51.8 Å². The lowest BCUT2D eigenvalue weighted by Gasteiger charge is -2.27. The van der Waals surface area contributed by atoms with Gasteiger partial charge in [-0.05, 0) is 55.0 Å². The third-order valence-electron chi connectivity index (χ3n) is 10.5. The number of hydrogen-bond acceptors (Lipinski definition) is 14. The van der Waals surface area contributed by atoms with E-state index in [0.29, 0.717) is 101 Å². The molecular formula is C42H50FN5O12. The van der Waals surface area contributed by atoms with Crippen molar-refractivity contribution in [2.75, 3.05) is 78.4 Å². The summed E-state index contributed by atoms with van der Waals surface area (Å²) >= 11 is 0. The van der Waals surface area contributed by atoms with Crippen molar-refractivity contribution < 1.29 is 61.6 Å². The van der Waals surface area contributed by atoms with Crippen LogP contribution in [0.5, 0.6) is 11.6 Å². The summed E-state index contributed by atoms with van der Waals surface area (Å²) in [7, 11) is 1.48. The Kier molecular flexibility index (Phi) is 15.5. The molecule has 3 aliphatic rings. The fraction of sp³-hybridized carbons (Fsp3) is 0.500. The van der Waals surface area contributed by atoms with Crippen molar-refractivity contribution in [1.82, 2.24) is 20.5 Å². The lowest BCUT2D eigenvalue weighted by atomic mass is 9.97. The maximum Gasteiger partial charge on any atom is 0.264 e. The van der Waals surface area contributed by atoms with Gasteiger partial charge in [0.05, 0.1) is 76.1 Å². The molecule has 4 atom stereocenters. The molecule has 6 rings (SSSR count). The lowest BCUT2D eigenvalue weighted by Crippen LogP contribution is -2.54. The van der Waals surface area contributed by atoms with Crippen molar-refractivity contribution in [2.24, 2.45) is 5.92 Å². The van der Waals surface area contributed by atoms with E-state index in [9.17, 15) is 33.2 Å². The second-order valence-electron chi connectivity index (χ2n) is 14.4. The molecule has 0 aliphatic carbocycles. The van der Waals surface area contributed by atoms with Crippen LogP contribution in [-0.4, -0.2) is 137 Å². The Balaban J connectivity index is 0.800. The molecule has 3 N–H and O–H groups in total. The van der Waals surface area contributed by atoms with E-state index in [4.69, 9.17) is 28.4 Å². The van der Waals surface area contributed by atoms with Gasteiger partial charge in [-0.3, -0.25) is 39.0 Å². The number of rotatable bonds is 24. The molecule has 0 saturated carbocycles. The number of piperidine rings is 1. The molecule has 2 saturated heterocycles. The van der Waals surface area contributed by atoms with E-state index >= 15 is 0 Å². The molecule has 3 aromatic rings. The number of alkyl halides is 1. The number of halogens is 1. The summed E-state index contributed by atoms with van der Waals surface area (Å²) in [6.45, 7) is 5.05. The molecule has 5 amide bonds. The number of carbonyl (C=O) groups excluding carboxylic acids is 6. The predicted octanol–water partition coefficient (Wildman–Crippen LogP) is 3.03. The summed E-state index contributed by atoms with van der Waals surface area (Å²) in [5.41, 5.74) is 1.27. The number of anilines is 1. The Hall–Kier alpha value is -5.56. The SMILES string of the molecule is CC[C@@H]1[C@H](F)C(=O)N[C@@H]1COc1nccc2cc(C(=O)CCCOCCOCCOCCOCCNc3cccc4c3C(=O)N(C3CCC(=O)NC3=O)C4=O)c(OC)cc12. The number of amides is 5. The largest absolute Gasteiger partial charge is 0.496 e. The number of ketones is 1. The summed E-state index contributed by atoms with van der Waals surface area (Å²) < 4.78 is 48.1. The number of pyridine rings is 1. The van der Waals surface area contributed by atoms with Crippen LogP contribution in [0.25, 0.3) is 10.8 Å². The number of benzene rings is 2. The number of nitrogens with one attached hydrogen (secondary N) is 3. The topological polar surface area (TPSA) is 210 Å². The summed E-state index contributed by atoms with van der Waals surface area (Å²) in [5.74, 6) is -2.77. The highest BCUT2D eigenvalue weighted by Crippen LogP contribution is 2.34. The highest BCUT2D eigenvalue weighted by Gasteiger charge is 2.46. The normalized spacial score (nSPS) is 20.1. The van der Waals surface area contributed by atoms with Gasteiger partial charge in [-0.15, -0.1) is 0 Å². The van der Waals surface area contributed by atoms with Crippen LogP contribution in [0.4, 0.5) is 10.1 Å². The number of hydrogen-bond donors (Lipinski definition) is 3. The maximum atomic E-state index is 14.2. The van der Waals surface area contributed by atoms with Gasteiger partial charge in [0.15, 0.2) is 12.0 Å². The van der Waals surface area contributed by atoms with Crippen LogP contribution in [0.15, 0.2) is 42.6 Å². The number of carbonyl (C=O) groups is 6. The van der Waals surface area contributed by atoms with Gasteiger partial charge >= 0.3 is 0 Å². The number of methoxy groups -OCH3 is 1. The number of aromatic nitrogens is 1. The van der Waals surface area contributed by atoms with Crippen LogP contribution in [0.1, 0.15) is 70.1 Å². The van der Waals surface area contributed by atoms with E-state index in [1.165, 1.54) is 13.2 Å². The zero-order valence-corrected chi connectivity index (χ0v) is 33.6. The first kappa shape index (κ1) is 44.0. The molecule has 0 spiro atoms. The monoisotopic (exact) mass is 835 g/mol. The molecule has 2 fully saturated rings. The van der Waals surface area contributed by atoms with E-state index in [0.717, 1.165) is 10.3 Å². The smallest absolute Gasteiger partial charge is 0.264 e. The third-order valence-corrected chi connectivity index (χ3v) is 10.5. The minimum absolute atomic E-state index is 0.0503. The standard InChI is InChI=1S/C42H50FN5O12/c1-3-26-31(46-39(52)37(26)43)24-60-40-28-23-34(55-2)29(22-25(28)11-12-45-40)33(49)8-5-14-56-16-18-58-20-21-59-19-17-57-15-13-44-30-7-4-6-27-36(30)42(54)48(41(27)53)32-9-10-35(50)47-38(32)51/h4,6-7,11-12,22-23,26,31-32,37,44H,3,5,8-10,13-21,24H2,1-2H3,(H,46,52)(H,47,50,51)/t26-,31+,32?,37-/m0/s1. The van der Waals surface area contributed by atoms with Gasteiger partial charge in [0.25, 0.3) is 17.7 Å². The molecule has 3 aliphatic heterocycles. The Morgan fingerprint density at radius 3 is 2.33 bits per heavy atom. The predicted molar refractivity (Wildman–Crippen MR) is 213 cm³/mol. The number of ether oxygens (including phenoxy) is 6. The van der Waals surface area contributed by atoms with Crippen molar-refractivity contribution in [3.05, 3.63) is 59.3 Å². The van der Waals surface area contributed by atoms with Gasteiger partial charge in [-0.25, -0.2) is 9.37 Å². The van der Waals surface area contributed by atoms with E-state index in [-0.39, 0.29) is 42.8 Å². The molecule has 0 bridgehead atoms. The van der Waals surface area contributed by atoms with Gasteiger partial charge in [0.2, 0.25) is 17.7 Å². The molecule has 1 unspecified atom stereocenters. The van der Waals surface area contributed by atoms with Crippen molar-refractivity contribution in [3.8, 4) is 11.6 Å². The number of nitrogens with zero attached hydrogens (tertiary/aromatic N) is 2. The van der Waals surface area contributed by atoms with Crippen LogP contribution >= 0.6 is 0 Å². The third kappa shape index (κ3) is 10.4. The van der Waals surface area contributed by atoms with Crippen LogP contribution in [0.2, 0.25) is 0 Å². The fourth-order valence-corrected chi connectivity index (χ4v) is 7.42. The van der Waals surface area contributed by atoms with Crippen LogP contribution in [0.3, 0.4) is 0 Å². The van der Waals surface area contributed by atoms with E-state index < -0.39 is 53.7 Å². The fourth-order valence-electron chi connectivity index (χ4n) is 7.42. The molecule has 18 heteroatoms. The van der Waals surface area contributed by atoms with Crippen molar-refractivity contribution in [2.45, 2.75) is 57.3 Å². The maximum absolute atomic E-state index is 14.2. The second kappa shape index (κ2) is 21.1. The first-order chi connectivity index (χ1) is 29.1. The van der Waals surface area contributed by atoms with Gasteiger partial charge in [-0.2, -0.15) is 0 Å². The van der Waals surface area contributed by atoms with Crippen molar-refractivity contribution in [3.63, 3.8) is 0 Å². The lowest BCUT2D eigenvalue weighted by molar-refractivity contribution is -0.136. The highest BCUT2D eigenvalue weighted by atomic mass is 19.1. The van der Waals surface area contributed by atoms with Gasteiger partial charge in [0.1, 0.15) is 18.4 Å². The van der Waals surface area contributed by atoms with E-state index in [2.05, 4.69) is 20.9 Å². The molecule has 1 aromatic heterocycles. The Bertz CT molecular complexity index is 2070. The molecule has 322 valence electrons. The molecular weight excluding hydrogens is 785 g/mol. The molecule has 60 heavy (non-hydrogen) atoms. The number of fused-ring (bicyclic) bond motifs is 2. The first-order valence-corrected chi connectivity index (χ1v) is 20.1. The van der Waals surface area contributed by atoms with Crippen molar-refractivity contribution in [1.29, 1.82) is 0 Å². The number of imide groups is 2. The average Bonchev–Trinajstić information content (AvgIpc) is 3.67. The van der Waals surface area contributed by atoms with Gasteiger partial charge < -0.3 is 39.1 Å². The second-order valence-corrected chi connectivity index (χ2v) is 14.4. The van der Waals surface area contributed by atoms with E-state index in [1.54, 1.807) is 36.5 Å². The summed E-state index contributed by atoms with van der Waals surface area (Å²) in [5, 5.41) is 9.32. The molecule has 0 radical (unpaired) electrons. The van der Waals surface area contributed by atoms with Crippen LogP contribution < -0.4 is 25.4 Å². The average molecular weight is 836 g/mol.